The van der Waals surface area contributed by atoms with Crippen LogP contribution in [-0.4, -0.2) is 74.2 Å². The van der Waals surface area contributed by atoms with Crippen LogP contribution < -0.4 is 13.1 Å². The second kappa shape index (κ2) is 13.7. The van der Waals surface area contributed by atoms with Gasteiger partial charge in [-0.05, 0) is 55.2 Å². The van der Waals surface area contributed by atoms with E-state index < -0.39 is 63.7 Å². The smallest absolute Gasteiger partial charge is 0.449 e. The van der Waals surface area contributed by atoms with Crippen LogP contribution in [0.5, 0.6) is 17.2 Å². The van der Waals surface area contributed by atoms with Crippen molar-refractivity contribution in [1.29, 1.82) is 0 Å². The van der Waals surface area contributed by atoms with Crippen molar-refractivity contribution in [3.8, 4) is 17.2 Å². The lowest BCUT2D eigenvalue weighted by molar-refractivity contribution is -0.301. The number of benzene rings is 2. The van der Waals surface area contributed by atoms with Crippen LogP contribution in [-0.2, 0) is 48.1 Å². The fraction of sp³-hybridized carbons (Fsp3) is 0.600. The van der Waals surface area contributed by atoms with Gasteiger partial charge in [-0.15, -0.1) is 0 Å². The van der Waals surface area contributed by atoms with Gasteiger partial charge in [-0.1, -0.05) is 45.4 Å². The first kappa shape index (κ1) is 33.9. The van der Waals surface area contributed by atoms with E-state index in [1.807, 2.05) is 27.7 Å². The van der Waals surface area contributed by atoms with Crippen molar-refractivity contribution in [3.63, 3.8) is 0 Å². The van der Waals surface area contributed by atoms with E-state index in [4.69, 9.17) is 40.4 Å². The highest BCUT2D eigenvalue weighted by Crippen LogP contribution is 2.41. The molecule has 0 radical (unpaired) electrons. The molecule has 0 saturated carbocycles. The van der Waals surface area contributed by atoms with Crippen molar-refractivity contribution in [2.75, 3.05) is 20.3 Å². The first-order valence-corrected chi connectivity index (χ1v) is 17.4. The summed E-state index contributed by atoms with van der Waals surface area (Å²) in [5.41, 5.74) is 0.945. The second-order valence-electron chi connectivity index (χ2n) is 11.8. The number of hydrogen-bond donors (Lipinski definition) is 0. The summed E-state index contributed by atoms with van der Waals surface area (Å²) in [4.78, 5) is 0. The molecule has 15 heteroatoms. The molecular weight excluding hydrogens is 632 g/mol. The van der Waals surface area contributed by atoms with Gasteiger partial charge in [0.2, 0.25) is 0 Å². The number of rotatable bonds is 12. The second-order valence-corrected chi connectivity index (χ2v) is 14.2. The van der Waals surface area contributed by atoms with Crippen LogP contribution in [0.1, 0.15) is 33.3 Å². The molecular formula is C30H40O13S2. The predicted octanol–water partition coefficient (Wildman–Crippen LogP) is 3.76. The summed E-state index contributed by atoms with van der Waals surface area (Å²) >= 11 is 0. The van der Waals surface area contributed by atoms with Crippen LogP contribution in [0.15, 0.2) is 48.5 Å². The normalized spacial score (nSPS) is 33.5. The molecule has 45 heavy (non-hydrogen) atoms. The maximum absolute atomic E-state index is 12.8. The molecule has 2 bridgehead atoms. The summed E-state index contributed by atoms with van der Waals surface area (Å²) in [5, 5.41) is 0. The van der Waals surface area contributed by atoms with E-state index in [-0.39, 0.29) is 42.5 Å². The van der Waals surface area contributed by atoms with E-state index >= 15 is 0 Å². The van der Waals surface area contributed by atoms with Gasteiger partial charge in [0.05, 0.1) is 32.5 Å². The molecule has 0 spiro atoms. The van der Waals surface area contributed by atoms with Gasteiger partial charge in [-0.2, -0.15) is 16.8 Å². The fourth-order valence-corrected chi connectivity index (χ4v) is 7.30. The SMILES string of the molecule is COc1ccc(OS(=O)(=O)OCC2O[C@H](O[C@@H]3C4CO[C@H](O4)C(OS(=O)(=O)Oc4ccc(C)cc4)[C@H]3C)C(C)[C@@H](C)[C@@H]2C)cc1. The molecule has 10 atom stereocenters. The third kappa shape index (κ3) is 8.08. The van der Waals surface area contributed by atoms with E-state index in [1.54, 1.807) is 31.2 Å². The lowest BCUT2D eigenvalue weighted by atomic mass is 9.79. The number of hydrogen-bond acceptors (Lipinski definition) is 13. The molecule has 0 aromatic heterocycles. The van der Waals surface area contributed by atoms with Gasteiger partial charge in [0.15, 0.2) is 12.6 Å². The molecule has 3 aliphatic heterocycles. The molecule has 2 aromatic rings. The van der Waals surface area contributed by atoms with Gasteiger partial charge in [0, 0.05) is 11.8 Å². The van der Waals surface area contributed by atoms with Crippen LogP contribution in [0.4, 0.5) is 0 Å². The number of ether oxygens (including phenoxy) is 5. The maximum Gasteiger partial charge on any atom is 0.449 e. The molecule has 3 aliphatic rings. The summed E-state index contributed by atoms with van der Waals surface area (Å²) in [5.74, 6) is 0.0744. The Hall–Kier alpha value is -2.50. The van der Waals surface area contributed by atoms with Crippen molar-refractivity contribution >= 4 is 20.8 Å². The molecule has 5 rings (SSSR count). The van der Waals surface area contributed by atoms with Crippen molar-refractivity contribution in [2.45, 2.75) is 71.6 Å². The van der Waals surface area contributed by atoms with Crippen LogP contribution >= 0.6 is 0 Å². The minimum atomic E-state index is -4.48. The lowest BCUT2D eigenvalue weighted by Gasteiger charge is -2.46. The standard InChI is InChI=1S/C30H40O13S2/c1-17-7-9-23(10-8-17)42-45(33,34)43-28-21(5)27(26-15-36-30(28)39-26)40-29-20(4)18(2)19(3)25(38-29)16-37-44(31,32)41-24-13-11-22(35-6)12-14-24/h7-14,18-21,25-30H,15-16H2,1-6H3/t18-,19-,20?,21-,25?,26?,27-,28?,29+,30+/m0/s1. The van der Waals surface area contributed by atoms with Gasteiger partial charge in [0.25, 0.3) is 0 Å². The minimum Gasteiger partial charge on any atom is -0.497 e. The highest BCUT2D eigenvalue weighted by molar-refractivity contribution is 7.82. The monoisotopic (exact) mass is 672 g/mol. The average Bonchev–Trinajstić information content (AvgIpc) is 3.44. The quantitative estimate of drug-likeness (QED) is 0.322. The third-order valence-corrected chi connectivity index (χ3v) is 10.4. The van der Waals surface area contributed by atoms with Crippen molar-refractivity contribution in [2.24, 2.45) is 23.7 Å². The molecule has 3 saturated heterocycles. The van der Waals surface area contributed by atoms with Crippen LogP contribution in [0, 0.1) is 30.6 Å². The first-order chi connectivity index (χ1) is 21.2. The number of fused-ring (bicyclic) bond motifs is 2. The van der Waals surface area contributed by atoms with Gasteiger partial charge in [-0.3, -0.25) is 0 Å². The fourth-order valence-electron chi connectivity index (χ4n) is 5.68. The predicted molar refractivity (Wildman–Crippen MR) is 159 cm³/mol. The van der Waals surface area contributed by atoms with Gasteiger partial charge >= 0.3 is 20.8 Å². The Labute approximate surface area is 264 Å². The maximum atomic E-state index is 12.8. The van der Waals surface area contributed by atoms with E-state index in [1.165, 1.54) is 31.4 Å². The molecule has 3 heterocycles. The Morgan fingerprint density at radius 1 is 0.733 bits per heavy atom. The molecule has 250 valence electrons. The average molecular weight is 673 g/mol. The molecule has 0 N–H and O–H groups in total. The highest BCUT2D eigenvalue weighted by atomic mass is 32.3. The van der Waals surface area contributed by atoms with Crippen LogP contribution in [0.3, 0.4) is 0 Å². The topological polar surface area (TPSA) is 151 Å². The zero-order valence-corrected chi connectivity index (χ0v) is 27.6. The largest absolute Gasteiger partial charge is 0.497 e. The summed E-state index contributed by atoms with van der Waals surface area (Å²) in [6, 6.07) is 12.6. The Morgan fingerprint density at radius 3 is 1.98 bits per heavy atom. The Morgan fingerprint density at radius 2 is 1.33 bits per heavy atom. The Bertz CT molecular complexity index is 1500. The number of aryl methyl sites for hydroxylation is 1. The lowest BCUT2D eigenvalue weighted by Crippen LogP contribution is -2.55. The summed E-state index contributed by atoms with van der Waals surface area (Å²) in [6.45, 7) is 9.48. The summed E-state index contributed by atoms with van der Waals surface area (Å²) in [6.07, 6.45) is -4.59. The van der Waals surface area contributed by atoms with Gasteiger partial charge in [0.1, 0.15) is 29.5 Å². The number of methoxy groups -OCH3 is 1. The first-order valence-electron chi connectivity index (χ1n) is 14.8. The molecule has 13 nitrogen and oxygen atoms in total. The molecule has 3 fully saturated rings. The van der Waals surface area contributed by atoms with E-state index in [9.17, 15) is 16.8 Å². The van der Waals surface area contributed by atoms with E-state index in [0.717, 1.165) is 5.56 Å². The van der Waals surface area contributed by atoms with Crippen molar-refractivity contribution in [3.05, 3.63) is 54.1 Å². The molecule has 0 aliphatic carbocycles. The molecule has 0 amide bonds. The summed E-state index contributed by atoms with van der Waals surface area (Å²) in [7, 11) is -7.38. The highest BCUT2D eigenvalue weighted by Gasteiger charge is 2.54. The zero-order valence-electron chi connectivity index (χ0n) is 25.9. The van der Waals surface area contributed by atoms with Crippen molar-refractivity contribution < 1.29 is 57.3 Å². The van der Waals surface area contributed by atoms with Gasteiger partial charge in [-0.25, -0.2) is 8.37 Å². The van der Waals surface area contributed by atoms with Crippen molar-refractivity contribution in [1.82, 2.24) is 0 Å². The van der Waals surface area contributed by atoms with Crippen LogP contribution in [0.2, 0.25) is 0 Å². The Balaban J connectivity index is 1.23. The zero-order chi connectivity index (χ0) is 32.5. The van der Waals surface area contributed by atoms with E-state index in [0.29, 0.717) is 5.75 Å². The minimum absolute atomic E-state index is 0.0466. The molecule has 4 unspecified atom stereocenters. The van der Waals surface area contributed by atoms with Crippen LogP contribution in [0.25, 0.3) is 0 Å². The van der Waals surface area contributed by atoms with E-state index in [2.05, 4.69) is 0 Å². The third-order valence-electron chi connectivity index (χ3n) is 8.76. The Kier molecular flexibility index (Phi) is 10.3. The van der Waals surface area contributed by atoms with Gasteiger partial charge < -0.3 is 32.1 Å². The molecule has 2 aromatic carbocycles. The summed E-state index contributed by atoms with van der Waals surface area (Å²) < 4.78 is 101.